The molecule has 2 amide bonds. The van der Waals surface area contributed by atoms with E-state index in [0.717, 1.165) is 5.56 Å². The second-order valence-electron chi connectivity index (χ2n) is 4.77. The molecule has 0 spiro atoms. The van der Waals surface area contributed by atoms with Gasteiger partial charge in [-0.1, -0.05) is 49.4 Å². The molecule has 0 saturated heterocycles. The number of carbonyl (C=O) groups is 2. The van der Waals surface area contributed by atoms with Crippen LogP contribution in [0.3, 0.4) is 0 Å². The van der Waals surface area contributed by atoms with Gasteiger partial charge in [-0.15, -0.1) is 0 Å². The van der Waals surface area contributed by atoms with Gasteiger partial charge < -0.3 is 11.1 Å². The van der Waals surface area contributed by atoms with Gasteiger partial charge in [0.2, 0.25) is 5.91 Å². The maximum atomic E-state index is 12.5. The zero-order chi connectivity index (χ0) is 15.2. The third kappa shape index (κ3) is 3.48. The Hall–Kier alpha value is -2.62. The molecule has 0 unspecified atom stereocenters. The Kier molecular flexibility index (Phi) is 4.72. The summed E-state index contributed by atoms with van der Waals surface area (Å²) < 4.78 is 0. The van der Waals surface area contributed by atoms with Crippen LogP contribution >= 0.6 is 0 Å². The molecule has 0 saturated carbocycles. The zero-order valence-corrected chi connectivity index (χ0v) is 11.9. The topological polar surface area (TPSA) is 72.2 Å². The van der Waals surface area contributed by atoms with E-state index in [1.807, 2.05) is 37.3 Å². The van der Waals surface area contributed by atoms with E-state index in [1.165, 1.54) is 0 Å². The van der Waals surface area contributed by atoms with Crippen molar-refractivity contribution in [1.29, 1.82) is 0 Å². The molecule has 2 aromatic rings. The fourth-order valence-corrected chi connectivity index (χ4v) is 2.28. The summed E-state index contributed by atoms with van der Waals surface area (Å²) in [6.45, 7) is 1.96. The Labute approximate surface area is 124 Å². The van der Waals surface area contributed by atoms with Gasteiger partial charge in [-0.2, -0.15) is 0 Å². The maximum Gasteiger partial charge on any atom is 0.250 e. The Balaban J connectivity index is 2.23. The highest BCUT2D eigenvalue weighted by molar-refractivity contribution is 6.04. The molecule has 4 nitrogen and oxygen atoms in total. The quantitative estimate of drug-likeness (QED) is 0.885. The molecule has 0 heterocycles. The van der Waals surface area contributed by atoms with E-state index in [2.05, 4.69) is 5.32 Å². The summed E-state index contributed by atoms with van der Waals surface area (Å²) in [4.78, 5) is 23.8. The molecule has 0 bridgehead atoms. The van der Waals surface area contributed by atoms with Crippen molar-refractivity contribution in [2.45, 2.75) is 19.3 Å². The number of amides is 2. The predicted octanol–water partition coefficient (Wildman–Crippen LogP) is 2.92. The lowest BCUT2D eigenvalue weighted by atomic mass is 9.95. The first-order valence-corrected chi connectivity index (χ1v) is 6.88. The van der Waals surface area contributed by atoms with Crippen molar-refractivity contribution in [2.24, 2.45) is 5.73 Å². The van der Waals surface area contributed by atoms with Crippen LogP contribution in [0.1, 0.15) is 35.2 Å². The Morgan fingerprint density at radius 3 is 2.29 bits per heavy atom. The molecule has 2 aromatic carbocycles. The molecule has 4 heteroatoms. The number of hydrogen-bond acceptors (Lipinski definition) is 2. The summed E-state index contributed by atoms with van der Waals surface area (Å²) in [7, 11) is 0. The zero-order valence-electron chi connectivity index (χ0n) is 11.9. The van der Waals surface area contributed by atoms with E-state index in [-0.39, 0.29) is 11.8 Å². The smallest absolute Gasteiger partial charge is 0.250 e. The fourth-order valence-electron chi connectivity index (χ4n) is 2.28. The third-order valence-electron chi connectivity index (χ3n) is 3.38. The Morgan fingerprint density at radius 2 is 1.67 bits per heavy atom. The first-order valence-electron chi connectivity index (χ1n) is 6.88. The molecule has 0 aliphatic rings. The first kappa shape index (κ1) is 14.8. The maximum absolute atomic E-state index is 12.5. The normalized spacial score (nSPS) is 11.7. The average Bonchev–Trinajstić information content (AvgIpc) is 2.49. The number of hydrogen-bond donors (Lipinski definition) is 2. The number of nitrogens with two attached hydrogens (primary N) is 1. The first-order chi connectivity index (χ1) is 10.1. The number of para-hydroxylation sites is 1. The van der Waals surface area contributed by atoms with Crippen LogP contribution in [0.5, 0.6) is 0 Å². The molecule has 2 rings (SSSR count). The van der Waals surface area contributed by atoms with E-state index in [0.29, 0.717) is 17.7 Å². The van der Waals surface area contributed by atoms with Gasteiger partial charge in [0.25, 0.3) is 5.91 Å². The number of benzene rings is 2. The number of carbonyl (C=O) groups excluding carboxylic acids is 2. The van der Waals surface area contributed by atoms with Gasteiger partial charge in [-0.3, -0.25) is 9.59 Å². The molecule has 0 radical (unpaired) electrons. The highest BCUT2D eigenvalue weighted by Crippen LogP contribution is 2.22. The minimum absolute atomic E-state index is 0.141. The highest BCUT2D eigenvalue weighted by Gasteiger charge is 2.20. The van der Waals surface area contributed by atoms with Crippen LogP contribution in [-0.4, -0.2) is 11.8 Å². The Morgan fingerprint density at radius 1 is 1.05 bits per heavy atom. The molecule has 0 fully saturated rings. The van der Waals surface area contributed by atoms with Gasteiger partial charge in [-0.05, 0) is 24.1 Å². The van der Waals surface area contributed by atoms with Gasteiger partial charge in [0.05, 0.1) is 17.2 Å². The van der Waals surface area contributed by atoms with Crippen LogP contribution in [-0.2, 0) is 4.79 Å². The third-order valence-corrected chi connectivity index (χ3v) is 3.38. The summed E-state index contributed by atoms with van der Waals surface area (Å²) in [5.74, 6) is -0.955. The van der Waals surface area contributed by atoms with Crippen molar-refractivity contribution >= 4 is 17.5 Å². The Bertz CT molecular complexity index is 638. The second kappa shape index (κ2) is 6.70. The van der Waals surface area contributed by atoms with Gasteiger partial charge >= 0.3 is 0 Å². The lowest BCUT2D eigenvalue weighted by Crippen LogP contribution is -2.23. The minimum Gasteiger partial charge on any atom is -0.366 e. The highest BCUT2D eigenvalue weighted by atomic mass is 16.2. The second-order valence-corrected chi connectivity index (χ2v) is 4.77. The largest absolute Gasteiger partial charge is 0.366 e. The molecule has 3 N–H and O–H groups in total. The molecule has 21 heavy (non-hydrogen) atoms. The molecule has 1 atom stereocenters. The average molecular weight is 282 g/mol. The van der Waals surface area contributed by atoms with Gasteiger partial charge in [0.15, 0.2) is 0 Å². The standard InChI is InChI=1S/C17H18N2O2/c1-2-13(12-8-4-3-5-9-12)17(21)19-15-11-7-6-10-14(15)16(18)20/h3-11,13H,2H2,1H3,(H2,18,20)(H,19,21)/t13-/m0/s1. The van der Waals surface area contributed by atoms with Gasteiger partial charge in [0, 0.05) is 0 Å². The molecular weight excluding hydrogens is 264 g/mol. The summed E-state index contributed by atoms with van der Waals surface area (Å²) >= 11 is 0. The van der Waals surface area contributed by atoms with E-state index < -0.39 is 5.91 Å². The van der Waals surface area contributed by atoms with Crippen molar-refractivity contribution in [1.82, 2.24) is 0 Å². The van der Waals surface area contributed by atoms with Crippen LogP contribution < -0.4 is 11.1 Å². The molecule has 108 valence electrons. The van der Waals surface area contributed by atoms with Crippen molar-refractivity contribution in [3.8, 4) is 0 Å². The van der Waals surface area contributed by atoms with Crippen LogP contribution in [0.15, 0.2) is 54.6 Å². The summed E-state index contributed by atoms with van der Waals surface area (Å²) in [5, 5.41) is 2.80. The van der Waals surface area contributed by atoms with E-state index >= 15 is 0 Å². The van der Waals surface area contributed by atoms with E-state index in [1.54, 1.807) is 24.3 Å². The molecule has 0 aromatic heterocycles. The number of anilines is 1. The molecular formula is C17H18N2O2. The van der Waals surface area contributed by atoms with Crippen LogP contribution in [0.2, 0.25) is 0 Å². The lowest BCUT2D eigenvalue weighted by molar-refractivity contribution is -0.117. The molecule has 0 aliphatic heterocycles. The van der Waals surface area contributed by atoms with Crippen molar-refractivity contribution in [2.75, 3.05) is 5.32 Å². The van der Waals surface area contributed by atoms with Crippen molar-refractivity contribution in [3.63, 3.8) is 0 Å². The van der Waals surface area contributed by atoms with Crippen LogP contribution in [0, 0.1) is 0 Å². The van der Waals surface area contributed by atoms with Gasteiger partial charge in [0.1, 0.15) is 0 Å². The number of nitrogens with one attached hydrogen (secondary N) is 1. The van der Waals surface area contributed by atoms with Crippen LogP contribution in [0.25, 0.3) is 0 Å². The summed E-state index contributed by atoms with van der Waals surface area (Å²) in [6.07, 6.45) is 0.675. The molecule has 0 aliphatic carbocycles. The number of rotatable bonds is 5. The number of primary amides is 1. The lowest BCUT2D eigenvalue weighted by Gasteiger charge is -2.16. The van der Waals surface area contributed by atoms with Gasteiger partial charge in [-0.25, -0.2) is 0 Å². The monoisotopic (exact) mass is 282 g/mol. The van der Waals surface area contributed by atoms with Crippen molar-refractivity contribution < 1.29 is 9.59 Å². The van der Waals surface area contributed by atoms with E-state index in [9.17, 15) is 9.59 Å². The summed E-state index contributed by atoms with van der Waals surface area (Å²) in [6, 6.07) is 16.3. The minimum atomic E-state index is -0.557. The summed E-state index contributed by atoms with van der Waals surface area (Å²) in [5.41, 5.74) is 7.03. The van der Waals surface area contributed by atoms with Crippen LogP contribution in [0.4, 0.5) is 5.69 Å². The SMILES string of the molecule is CC[C@H](C(=O)Nc1ccccc1C(N)=O)c1ccccc1. The van der Waals surface area contributed by atoms with E-state index in [4.69, 9.17) is 5.73 Å². The fraction of sp³-hybridized carbons (Fsp3) is 0.176. The predicted molar refractivity (Wildman–Crippen MR) is 83.1 cm³/mol. The van der Waals surface area contributed by atoms with Crippen molar-refractivity contribution in [3.05, 3.63) is 65.7 Å².